The summed E-state index contributed by atoms with van der Waals surface area (Å²) in [7, 11) is 0. The molecular weight excluding hydrogens is 318 g/mol. The third-order valence-corrected chi connectivity index (χ3v) is 5.93. The van der Waals surface area contributed by atoms with E-state index in [0.717, 1.165) is 12.1 Å². The van der Waals surface area contributed by atoms with Crippen LogP contribution in [0.15, 0.2) is 42.5 Å². The van der Waals surface area contributed by atoms with Gasteiger partial charge < -0.3 is 5.32 Å². The van der Waals surface area contributed by atoms with E-state index in [-0.39, 0.29) is 5.91 Å². The van der Waals surface area contributed by atoms with Crippen LogP contribution in [-0.4, -0.2) is 12.5 Å². The minimum Gasteiger partial charge on any atom is -0.352 e. The highest BCUT2D eigenvalue weighted by Crippen LogP contribution is 2.35. The Balaban J connectivity index is 1.65. The fourth-order valence-corrected chi connectivity index (χ4v) is 4.03. The summed E-state index contributed by atoms with van der Waals surface area (Å²) < 4.78 is 0. The lowest BCUT2D eigenvalue weighted by Crippen LogP contribution is -2.25. The first kappa shape index (κ1) is 17.3. The highest BCUT2D eigenvalue weighted by atomic mass is 16.1. The summed E-state index contributed by atoms with van der Waals surface area (Å²) in [6, 6.07) is 15.2. The maximum absolute atomic E-state index is 12.7. The summed E-state index contributed by atoms with van der Waals surface area (Å²) in [6.45, 7) is 2.94. The first-order valence-corrected chi connectivity index (χ1v) is 10.2. The van der Waals surface area contributed by atoms with Gasteiger partial charge in [0.05, 0.1) is 0 Å². The standard InChI is InChI=1S/C24H29NO/c1-17-7-11-20(12-8-17)22-13-21(19-5-3-2-4-6-19)14-23(15-22)24(26)25-16-18-9-10-18/h7-8,11-15,18-19H,2-6,9-10,16H2,1H3,(H,25,26). The first-order chi connectivity index (χ1) is 12.7. The number of rotatable bonds is 5. The number of hydrogen-bond acceptors (Lipinski definition) is 1. The third-order valence-electron chi connectivity index (χ3n) is 5.93. The molecule has 2 aliphatic carbocycles. The van der Waals surface area contributed by atoms with Crippen molar-refractivity contribution in [1.29, 1.82) is 0 Å². The fourth-order valence-electron chi connectivity index (χ4n) is 4.03. The summed E-state index contributed by atoms with van der Waals surface area (Å²) in [5, 5.41) is 3.14. The van der Waals surface area contributed by atoms with Crippen LogP contribution in [0.25, 0.3) is 11.1 Å². The Bertz CT molecular complexity index is 767. The molecule has 0 heterocycles. The highest BCUT2D eigenvalue weighted by molar-refractivity contribution is 5.95. The van der Waals surface area contributed by atoms with Crippen molar-refractivity contribution in [2.24, 2.45) is 5.92 Å². The molecule has 2 nitrogen and oxygen atoms in total. The lowest BCUT2D eigenvalue weighted by atomic mass is 9.82. The minimum absolute atomic E-state index is 0.0860. The lowest BCUT2D eigenvalue weighted by molar-refractivity contribution is 0.0951. The molecule has 0 spiro atoms. The number of carbonyl (C=O) groups excluding carboxylic acids is 1. The van der Waals surface area contributed by atoms with E-state index in [1.165, 1.54) is 67.2 Å². The Hall–Kier alpha value is -2.09. The van der Waals surface area contributed by atoms with Gasteiger partial charge in [-0.3, -0.25) is 4.79 Å². The number of amides is 1. The fraction of sp³-hybridized carbons (Fsp3) is 0.458. The number of hydrogen-bond donors (Lipinski definition) is 1. The van der Waals surface area contributed by atoms with Gasteiger partial charge in [-0.1, -0.05) is 55.2 Å². The van der Waals surface area contributed by atoms with Crippen molar-refractivity contribution in [3.8, 4) is 11.1 Å². The number of aryl methyl sites for hydroxylation is 1. The van der Waals surface area contributed by atoms with Crippen molar-refractivity contribution in [1.82, 2.24) is 5.32 Å². The van der Waals surface area contributed by atoms with Crippen LogP contribution in [-0.2, 0) is 0 Å². The van der Waals surface area contributed by atoms with Gasteiger partial charge in [0.2, 0.25) is 0 Å². The van der Waals surface area contributed by atoms with Crippen LogP contribution in [0.3, 0.4) is 0 Å². The first-order valence-electron chi connectivity index (χ1n) is 10.2. The van der Waals surface area contributed by atoms with Crippen LogP contribution in [0.1, 0.15) is 72.3 Å². The van der Waals surface area contributed by atoms with Gasteiger partial charge >= 0.3 is 0 Å². The molecule has 136 valence electrons. The Kier molecular flexibility index (Phi) is 5.10. The monoisotopic (exact) mass is 347 g/mol. The van der Waals surface area contributed by atoms with E-state index in [4.69, 9.17) is 0 Å². The van der Waals surface area contributed by atoms with E-state index < -0.39 is 0 Å². The molecular formula is C24H29NO. The van der Waals surface area contributed by atoms with Crippen LogP contribution in [0.2, 0.25) is 0 Å². The lowest BCUT2D eigenvalue weighted by Gasteiger charge is -2.23. The van der Waals surface area contributed by atoms with Gasteiger partial charge in [0.25, 0.3) is 5.91 Å². The second-order valence-corrected chi connectivity index (χ2v) is 8.20. The molecule has 2 aromatic rings. The second-order valence-electron chi connectivity index (χ2n) is 8.20. The summed E-state index contributed by atoms with van der Waals surface area (Å²) in [6.07, 6.45) is 8.99. The molecule has 0 radical (unpaired) electrons. The normalized spacial score (nSPS) is 17.9. The van der Waals surface area contributed by atoms with Crippen molar-refractivity contribution >= 4 is 5.91 Å². The van der Waals surface area contributed by atoms with Crippen LogP contribution >= 0.6 is 0 Å². The van der Waals surface area contributed by atoms with Crippen molar-refractivity contribution in [2.45, 2.75) is 57.8 Å². The smallest absolute Gasteiger partial charge is 0.251 e. The summed E-state index contributed by atoms with van der Waals surface area (Å²) in [5.74, 6) is 1.39. The van der Waals surface area contributed by atoms with Crippen molar-refractivity contribution in [3.05, 3.63) is 59.2 Å². The van der Waals surface area contributed by atoms with Gasteiger partial charge in [-0.2, -0.15) is 0 Å². The van der Waals surface area contributed by atoms with Crippen molar-refractivity contribution in [3.63, 3.8) is 0 Å². The second kappa shape index (κ2) is 7.65. The molecule has 0 aliphatic heterocycles. The maximum atomic E-state index is 12.7. The minimum atomic E-state index is 0.0860. The van der Waals surface area contributed by atoms with E-state index in [2.05, 4.69) is 54.7 Å². The van der Waals surface area contributed by atoms with Gasteiger partial charge in [-0.15, -0.1) is 0 Å². The molecule has 2 saturated carbocycles. The summed E-state index contributed by atoms with van der Waals surface area (Å²) in [4.78, 5) is 12.7. The van der Waals surface area contributed by atoms with E-state index in [1.54, 1.807) is 0 Å². The molecule has 0 atom stereocenters. The molecule has 0 unspecified atom stereocenters. The molecule has 0 saturated heterocycles. The Morgan fingerprint density at radius 1 is 0.923 bits per heavy atom. The van der Waals surface area contributed by atoms with Gasteiger partial charge in [0.15, 0.2) is 0 Å². The van der Waals surface area contributed by atoms with Gasteiger partial charge in [0.1, 0.15) is 0 Å². The van der Waals surface area contributed by atoms with Crippen molar-refractivity contribution in [2.75, 3.05) is 6.54 Å². The predicted molar refractivity (Wildman–Crippen MR) is 107 cm³/mol. The maximum Gasteiger partial charge on any atom is 0.251 e. The van der Waals surface area contributed by atoms with E-state index in [0.29, 0.717) is 11.8 Å². The molecule has 4 rings (SSSR count). The van der Waals surface area contributed by atoms with E-state index in [9.17, 15) is 4.79 Å². The molecule has 0 aromatic heterocycles. The average molecular weight is 348 g/mol. The quantitative estimate of drug-likeness (QED) is 0.722. The number of nitrogens with one attached hydrogen (secondary N) is 1. The SMILES string of the molecule is Cc1ccc(-c2cc(C(=O)NCC3CC3)cc(C3CCCCC3)c2)cc1. The van der Waals surface area contributed by atoms with Crippen LogP contribution in [0.4, 0.5) is 0 Å². The molecule has 0 bridgehead atoms. The number of benzene rings is 2. The van der Waals surface area contributed by atoms with Crippen molar-refractivity contribution < 1.29 is 4.79 Å². The van der Waals surface area contributed by atoms with Crippen LogP contribution in [0.5, 0.6) is 0 Å². The Morgan fingerprint density at radius 2 is 1.65 bits per heavy atom. The predicted octanol–water partition coefficient (Wildman–Crippen LogP) is 5.85. The summed E-state index contributed by atoms with van der Waals surface area (Å²) in [5.41, 5.74) is 5.80. The third kappa shape index (κ3) is 4.17. The zero-order chi connectivity index (χ0) is 17.9. The molecule has 2 aliphatic rings. The van der Waals surface area contributed by atoms with E-state index >= 15 is 0 Å². The van der Waals surface area contributed by atoms with Gasteiger partial charge in [-0.25, -0.2) is 0 Å². The molecule has 2 heteroatoms. The number of carbonyl (C=O) groups is 1. The summed E-state index contributed by atoms with van der Waals surface area (Å²) >= 11 is 0. The topological polar surface area (TPSA) is 29.1 Å². The van der Waals surface area contributed by atoms with Crippen LogP contribution in [0, 0.1) is 12.8 Å². The van der Waals surface area contributed by atoms with Gasteiger partial charge in [0, 0.05) is 12.1 Å². The largest absolute Gasteiger partial charge is 0.352 e. The molecule has 2 aromatic carbocycles. The van der Waals surface area contributed by atoms with E-state index in [1.807, 2.05) is 0 Å². The van der Waals surface area contributed by atoms with Gasteiger partial charge in [-0.05, 0) is 73.3 Å². The highest BCUT2D eigenvalue weighted by Gasteiger charge is 2.23. The zero-order valence-electron chi connectivity index (χ0n) is 15.8. The Labute approximate surface area is 157 Å². The molecule has 1 N–H and O–H groups in total. The van der Waals surface area contributed by atoms with Crippen LogP contribution < -0.4 is 5.32 Å². The Morgan fingerprint density at radius 3 is 2.35 bits per heavy atom. The average Bonchev–Trinajstić information content (AvgIpc) is 3.51. The molecule has 2 fully saturated rings. The molecule has 26 heavy (non-hydrogen) atoms. The zero-order valence-corrected chi connectivity index (χ0v) is 15.8. The molecule has 1 amide bonds.